The summed E-state index contributed by atoms with van der Waals surface area (Å²) in [7, 11) is 0. The summed E-state index contributed by atoms with van der Waals surface area (Å²) in [4.78, 5) is 15.9. The number of hydrogen-bond acceptors (Lipinski definition) is 4. The molecule has 0 radical (unpaired) electrons. The summed E-state index contributed by atoms with van der Waals surface area (Å²) in [6, 6.07) is 4.18. The van der Waals surface area contributed by atoms with Gasteiger partial charge >= 0.3 is 0 Å². The van der Waals surface area contributed by atoms with Crippen molar-refractivity contribution < 1.29 is 9.53 Å². The van der Waals surface area contributed by atoms with Crippen LogP contribution in [0, 0.1) is 5.92 Å². The Morgan fingerprint density at radius 2 is 2.29 bits per heavy atom. The molecule has 1 aliphatic heterocycles. The van der Waals surface area contributed by atoms with Gasteiger partial charge in [-0.3, -0.25) is 10.1 Å². The van der Waals surface area contributed by atoms with E-state index in [1.807, 2.05) is 4.90 Å². The number of nitrogens with one attached hydrogen (secondary N) is 1. The van der Waals surface area contributed by atoms with E-state index in [9.17, 15) is 4.79 Å². The second-order valence-electron chi connectivity index (χ2n) is 6.51. The van der Waals surface area contributed by atoms with Gasteiger partial charge in [0.2, 0.25) is 5.91 Å². The summed E-state index contributed by atoms with van der Waals surface area (Å²) < 4.78 is 5.69. The molecule has 2 saturated carbocycles. The van der Waals surface area contributed by atoms with E-state index in [0.29, 0.717) is 5.91 Å². The van der Waals surface area contributed by atoms with Gasteiger partial charge < -0.3 is 9.64 Å². The van der Waals surface area contributed by atoms with Gasteiger partial charge in [-0.05, 0) is 49.5 Å². The molecule has 21 heavy (non-hydrogen) atoms. The van der Waals surface area contributed by atoms with E-state index >= 15 is 0 Å². The minimum atomic E-state index is -0.233. The molecule has 1 unspecified atom stereocenters. The van der Waals surface area contributed by atoms with Crippen LogP contribution in [0.5, 0.6) is 0 Å². The molecule has 1 atom stereocenters. The molecule has 1 spiro atoms. The quantitative estimate of drug-likeness (QED) is 0.787. The number of ether oxygens (including phenoxy) is 1. The summed E-state index contributed by atoms with van der Waals surface area (Å²) in [5.74, 6) is 1.11. The van der Waals surface area contributed by atoms with Gasteiger partial charge in [-0.2, -0.15) is 0 Å². The highest BCUT2D eigenvalue weighted by Gasteiger charge is 2.59. The van der Waals surface area contributed by atoms with E-state index in [-0.39, 0.29) is 11.7 Å². The van der Waals surface area contributed by atoms with Crippen molar-refractivity contribution in [2.75, 3.05) is 19.8 Å². The van der Waals surface area contributed by atoms with Crippen molar-refractivity contribution in [1.82, 2.24) is 10.2 Å². The maximum Gasteiger partial charge on any atom is 0.244 e. The Hall–Kier alpha value is -0.910. The lowest BCUT2D eigenvalue weighted by Gasteiger charge is -2.23. The van der Waals surface area contributed by atoms with Gasteiger partial charge in [0.1, 0.15) is 11.7 Å². The van der Waals surface area contributed by atoms with Crippen molar-refractivity contribution in [3.63, 3.8) is 0 Å². The summed E-state index contributed by atoms with van der Waals surface area (Å²) in [5, 5.41) is 5.64. The standard InChI is InChI=1S/C16H22N2O2S/c19-15-16(6-7-16)17-14(13-3-1-10-21-13)18(15)8-2-9-20-11-12-4-5-12/h1,3,10,12,14,17H,2,4-9,11H2. The van der Waals surface area contributed by atoms with E-state index in [0.717, 1.165) is 44.9 Å². The topological polar surface area (TPSA) is 41.6 Å². The molecule has 114 valence electrons. The Morgan fingerprint density at radius 1 is 1.43 bits per heavy atom. The minimum absolute atomic E-state index is 0.0726. The lowest BCUT2D eigenvalue weighted by molar-refractivity contribution is -0.131. The zero-order chi connectivity index (χ0) is 14.3. The average molecular weight is 306 g/mol. The van der Waals surface area contributed by atoms with Crippen molar-refractivity contribution in [2.24, 2.45) is 5.92 Å². The maximum atomic E-state index is 12.6. The second-order valence-corrected chi connectivity index (χ2v) is 7.49. The first-order chi connectivity index (χ1) is 10.3. The molecule has 3 aliphatic rings. The number of amides is 1. The largest absolute Gasteiger partial charge is 0.381 e. The fourth-order valence-corrected chi connectivity index (χ4v) is 3.84. The molecule has 1 aromatic heterocycles. The van der Waals surface area contributed by atoms with Crippen LogP contribution in [0.25, 0.3) is 0 Å². The predicted molar refractivity (Wildman–Crippen MR) is 82.0 cm³/mol. The van der Waals surface area contributed by atoms with Gasteiger partial charge in [-0.25, -0.2) is 0 Å². The molecule has 1 saturated heterocycles. The van der Waals surface area contributed by atoms with Crippen molar-refractivity contribution in [1.29, 1.82) is 0 Å². The number of rotatable bonds is 7. The Morgan fingerprint density at radius 3 is 2.95 bits per heavy atom. The lowest BCUT2D eigenvalue weighted by atomic mass is 10.2. The molecule has 4 nitrogen and oxygen atoms in total. The highest BCUT2D eigenvalue weighted by molar-refractivity contribution is 7.10. The van der Waals surface area contributed by atoms with Gasteiger partial charge in [0.25, 0.3) is 0 Å². The molecule has 4 rings (SSSR count). The van der Waals surface area contributed by atoms with Gasteiger partial charge in [0.15, 0.2) is 0 Å². The Labute approximate surface area is 129 Å². The molecule has 1 N–H and O–H groups in total. The van der Waals surface area contributed by atoms with E-state index < -0.39 is 0 Å². The number of nitrogens with zero attached hydrogens (tertiary/aromatic N) is 1. The average Bonchev–Trinajstić information content (AvgIpc) is 3.38. The molecule has 1 amide bonds. The molecule has 0 bridgehead atoms. The third kappa shape index (κ3) is 2.74. The molecule has 0 aromatic carbocycles. The Balaban J connectivity index is 1.35. The summed E-state index contributed by atoms with van der Waals surface area (Å²) in [5.41, 5.74) is -0.233. The van der Waals surface area contributed by atoms with Crippen molar-refractivity contribution in [2.45, 2.75) is 43.8 Å². The number of carbonyl (C=O) groups excluding carboxylic acids is 1. The summed E-state index contributed by atoms with van der Waals surface area (Å²) >= 11 is 1.72. The fraction of sp³-hybridized carbons (Fsp3) is 0.688. The van der Waals surface area contributed by atoms with Crippen LogP contribution < -0.4 is 5.32 Å². The predicted octanol–water partition coefficient (Wildman–Crippen LogP) is 2.53. The Bertz CT molecular complexity index is 508. The van der Waals surface area contributed by atoms with E-state index in [1.54, 1.807) is 11.3 Å². The van der Waals surface area contributed by atoms with Gasteiger partial charge in [0, 0.05) is 24.6 Å². The van der Waals surface area contributed by atoms with Crippen LogP contribution in [0.1, 0.15) is 43.1 Å². The number of hydrogen-bond donors (Lipinski definition) is 1. The SMILES string of the molecule is O=C1N(CCCOCC2CC2)C(c2cccs2)NC12CC2. The molecular formula is C16H22N2O2S. The third-order valence-electron chi connectivity index (χ3n) is 4.70. The first-order valence-corrected chi connectivity index (χ1v) is 8.86. The molecule has 2 aliphatic carbocycles. The first-order valence-electron chi connectivity index (χ1n) is 7.98. The van der Waals surface area contributed by atoms with Gasteiger partial charge in [-0.15, -0.1) is 11.3 Å². The van der Waals surface area contributed by atoms with Crippen LogP contribution in [0.3, 0.4) is 0 Å². The minimum Gasteiger partial charge on any atom is -0.381 e. The highest BCUT2D eigenvalue weighted by atomic mass is 32.1. The van der Waals surface area contributed by atoms with Crippen LogP contribution >= 0.6 is 11.3 Å². The van der Waals surface area contributed by atoms with Crippen LogP contribution in [0.2, 0.25) is 0 Å². The summed E-state index contributed by atoms with van der Waals surface area (Å²) in [6.45, 7) is 2.47. The highest BCUT2D eigenvalue weighted by Crippen LogP contribution is 2.46. The van der Waals surface area contributed by atoms with Gasteiger partial charge in [-0.1, -0.05) is 6.07 Å². The van der Waals surface area contributed by atoms with Crippen LogP contribution in [0.4, 0.5) is 0 Å². The zero-order valence-corrected chi connectivity index (χ0v) is 13.0. The zero-order valence-electron chi connectivity index (χ0n) is 12.2. The van der Waals surface area contributed by atoms with Crippen molar-refractivity contribution in [3.05, 3.63) is 22.4 Å². The lowest BCUT2D eigenvalue weighted by Crippen LogP contribution is -2.33. The Kier molecular flexibility index (Phi) is 3.52. The molecule has 2 heterocycles. The van der Waals surface area contributed by atoms with E-state index in [2.05, 4.69) is 22.8 Å². The molecular weight excluding hydrogens is 284 g/mol. The van der Waals surface area contributed by atoms with Crippen molar-refractivity contribution in [3.8, 4) is 0 Å². The summed E-state index contributed by atoms with van der Waals surface area (Å²) in [6.07, 6.45) is 5.64. The molecule has 1 aromatic rings. The van der Waals surface area contributed by atoms with E-state index in [4.69, 9.17) is 4.74 Å². The van der Waals surface area contributed by atoms with Crippen LogP contribution in [0.15, 0.2) is 17.5 Å². The second kappa shape index (κ2) is 5.38. The number of thiophene rings is 1. The van der Waals surface area contributed by atoms with E-state index in [1.165, 1.54) is 17.7 Å². The molecule has 5 heteroatoms. The van der Waals surface area contributed by atoms with Gasteiger partial charge in [0.05, 0.1) is 0 Å². The normalized spacial score (nSPS) is 26.8. The smallest absolute Gasteiger partial charge is 0.244 e. The third-order valence-corrected chi connectivity index (χ3v) is 5.62. The number of carbonyl (C=O) groups is 1. The van der Waals surface area contributed by atoms with Crippen LogP contribution in [-0.2, 0) is 9.53 Å². The van der Waals surface area contributed by atoms with Crippen molar-refractivity contribution >= 4 is 17.2 Å². The monoisotopic (exact) mass is 306 g/mol. The maximum absolute atomic E-state index is 12.6. The fourth-order valence-electron chi connectivity index (χ4n) is 3.05. The molecule has 3 fully saturated rings. The van der Waals surface area contributed by atoms with Crippen LogP contribution in [-0.4, -0.2) is 36.1 Å². The first kappa shape index (κ1) is 13.7.